The van der Waals surface area contributed by atoms with Gasteiger partial charge in [0.25, 0.3) is 0 Å². The van der Waals surface area contributed by atoms with Crippen LogP contribution in [0.4, 0.5) is 0 Å². The van der Waals surface area contributed by atoms with Gasteiger partial charge in [-0.2, -0.15) is 4.98 Å². The normalized spacial score (nSPS) is 11.6. The Labute approximate surface area is 252 Å². The molecule has 0 radical (unpaired) electrons. The third-order valence-corrected chi connectivity index (χ3v) is 8.34. The summed E-state index contributed by atoms with van der Waals surface area (Å²) < 4.78 is 8.57. The summed E-state index contributed by atoms with van der Waals surface area (Å²) in [6.45, 7) is 0. The number of furan rings is 1. The first-order valence-electron chi connectivity index (χ1n) is 14.6. The average molecular weight is 565 g/mol. The molecule has 0 aliphatic rings. The van der Waals surface area contributed by atoms with Crippen LogP contribution in [0.25, 0.3) is 83.3 Å². The molecule has 0 amide bonds. The van der Waals surface area contributed by atoms with Gasteiger partial charge >= 0.3 is 0 Å². The molecule has 0 unspecified atom stereocenters. The highest BCUT2D eigenvalue weighted by Crippen LogP contribution is 2.40. The van der Waals surface area contributed by atoms with Crippen molar-refractivity contribution in [1.82, 2.24) is 19.5 Å². The maximum absolute atomic E-state index is 6.46. The third-order valence-electron chi connectivity index (χ3n) is 8.34. The van der Waals surface area contributed by atoms with E-state index in [1.807, 2.05) is 36.4 Å². The van der Waals surface area contributed by atoms with Crippen LogP contribution in [0.3, 0.4) is 0 Å². The van der Waals surface area contributed by atoms with E-state index in [0.29, 0.717) is 11.8 Å². The number of fused-ring (bicyclic) bond motifs is 7. The number of hydrogen-bond donors (Lipinski definition) is 0. The van der Waals surface area contributed by atoms with Crippen LogP contribution >= 0.6 is 0 Å². The zero-order chi connectivity index (χ0) is 29.0. The second kappa shape index (κ2) is 9.75. The highest BCUT2D eigenvalue weighted by atomic mass is 16.3. The Morgan fingerprint density at radius 3 is 1.86 bits per heavy atom. The van der Waals surface area contributed by atoms with Gasteiger partial charge in [0.15, 0.2) is 5.82 Å². The van der Waals surface area contributed by atoms with Crippen molar-refractivity contribution in [3.63, 3.8) is 0 Å². The fourth-order valence-corrected chi connectivity index (χ4v) is 6.34. The average Bonchev–Trinajstić information content (AvgIpc) is 3.65. The SMILES string of the molecule is c1ccc(-c2cc(-c3ccccc3)cc(-c3ncnc(-n4c5ccccc5c5c6oc7ccccc7c6ccc54)n3)c2)cc1. The second-order valence-corrected chi connectivity index (χ2v) is 10.9. The van der Waals surface area contributed by atoms with Gasteiger partial charge in [-0.25, -0.2) is 9.97 Å². The minimum absolute atomic E-state index is 0.558. The van der Waals surface area contributed by atoms with Crippen LogP contribution in [0.2, 0.25) is 0 Å². The summed E-state index contributed by atoms with van der Waals surface area (Å²) in [5, 5.41) is 4.34. The third kappa shape index (κ3) is 3.83. The first-order valence-corrected chi connectivity index (χ1v) is 14.6. The van der Waals surface area contributed by atoms with E-state index in [9.17, 15) is 0 Å². The van der Waals surface area contributed by atoms with Crippen molar-refractivity contribution in [1.29, 1.82) is 0 Å². The molecule has 44 heavy (non-hydrogen) atoms. The lowest BCUT2D eigenvalue weighted by Crippen LogP contribution is -2.03. The van der Waals surface area contributed by atoms with E-state index in [1.54, 1.807) is 6.33 Å². The van der Waals surface area contributed by atoms with Crippen LogP contribution in [0.15, 0.2) is 150 Å². The van der Waals surface area contributed by atoms with E-state index in [2.05, 4.69) is 113 Å². The lowest BCUT2D eigenvalue weighted by atomic mass is 9.96. The van der Waals surface area contributed by atoms with Gasteiger partial charge in [-0.05, 0) is 64.7 Å². The lowest BCUT2D eigenvalue weighted by molar-refractivity contribution is 0.673. The zero-order valence-corrected chi connectivity index (χ0v) is 23.6. The van der Waals surface area contributed by atoms with E-state index in [4.69, 9.17) is 14.4 Å². The predicted molar refractivity (Wildman–Crippen MR) is 178 cm³/mol. The standard InChI is InChI=1S/C39H24N4O/c1-3-11-25(12-4-1)27-21-28(26-13-5-2-6-14-26)23-29(22-27)38-40-24-41-39(42-38)43-33-17-9-7-16-32(33)36-34(43)20-19-31-30-15-8-10-18-35(30)44-37(31)36/h1-24H. The molecular formula is C39H24N4O. The molecule has 0 aliphatic carbocycles. The van der Waals surface area contributed by atoms with Gasteiger partial charge in [0.1, 0.15) is 17.5 Å². The van der Waals surface area contributed by atoms with Crippen molar-refractivity contribution >= 4 is 43.7 Å². The first kappa shape index (κ1) is 24.5. The van der Waals surface area contributed by atoms with Gasteiger partial charge < -0.3 is 4.42 Å². The summed E-state index contributed by atoms with van der Waals surface area (Å²) in [6.07, 6.45) is 1.61. The van der Waals surface area contributed by atoms with Gasteiger partial charge in [0, 0.05) is 21.7 Å². The molecule has 206 valence electrons. The molecule has 5 nitrogen and oxygen atoms in total. The molecule has 9 rings (SSSR count). The topological polar surface area (TPSA) is 56.7 Å². The maximum atomic E-state index is 6.46. The quantitative estimate of drug-likeness (QED) is 0.213. The highest BCUT2D eigenvalue weighted by Gasteiger charge is 2.20. The highest BCUT2D eigenvalue weighted by molar-refractivity contribution is 6.23. The van der Waals surface area contributed by atoms with Crippen molar-refractivity contribution in [2.75, 3.05) is 0 Å². The van der Waals surface area contributed by atoms with Gasteiger partial charge in [-0.3, -0.25) is 4.57 Å². The molecule has 6 aromatic carbocycles. The number of para-hydroxylation sites is 2. The van der Waals surface area contributed by atoms with E-state index < -0.39 is 0 Å². The number of aromatic nitrogens is 4. The fourth-order valence-electron chi connectivity index (χ4n) is 6.34. The van der Waals surface area contributed by atoms with E-state index >= 15 is 0 Å². The molecule has 0 saturated heterocycles. The van der Waals surface area contributed by atoms with Crippen LogP contribution in [0.1, 0.15) is 0 Å². The number of rotatable bonds is 4. The lowest BCUT2D eigenvalue weighted by Gasteiger charge is -2.11. The van der Waals surface area contributed by atoms with Crippen LogP contribution < -0.4 is 0 Å². The van der Waals surface area contributed by atoms with Gasteiger partial charge in [0.2, 0.25) is 5.95 Å². The van der Waals surface area contributed by atoms with E-state index in [0.717, 1.165) is 71.6 Å². The number of hydrogen-bond acceptors (Lipinski definition) is 4. The molecule has 0 aliphatic heterocycles. The van der Waals surface area contributed by atoms with Crippen molar-refractivity contribution in [2.45, 2.75) is 0 Å². The molecule has 3 heterocycles. The van der Waals surface area contributed by atoms with Crippen LogP contribution in [0, 0.1) is 0 Å². The molecular weight excluding hydrogens is 540 g/mol. The first-order chi connectivity index (χ1) is 21.8. The Kier molecular flexibility index (Phi) is 5.43. The Morgan fingerprint density at radius 1 is 0.477 bits per heavy atom. The summed E-state index contributed by atoms with van der Waals surface area (Å²) in [5.74, 6) is 1.17. The molecule has 0 N–H and O–H groups in total. The summed E-state index contributed by atoms with van der Waals surface area (Å²) in [4.78, 5) is 14.5. The Morgan fingerprint density at radius 2 is 1.11 bits per heavy atom. The summed E-state index contributed by atoms with van der Waals surface area (Å²) in [6, 6.07) is 48.2. The minimum Gasteiger partial charge on any atom is -0.455 e. The fraction of sp³-hybridized carbons (Fsp3) is 0. The molecule has 5 heteroatoms. The van der Waals surface area contributed by atoms with Crippen molar-refractivity contribution < 1.29 is 4.42 Å². The Balaban J connectivity index is 1.27. The van der Waals surface area contributed by atoms with Crippen molar-refractivity contribution in [3.8, 4) is 39.6 Å². The molecule has 0 fully saturated rings. The van der Waals surface area contributed by atoms with E-state index in [1.165, 1.54) is 0 Å². The second-order valence-electron chi connectivity index (χ2n) is 10.9. The maximum Gasteiger partial charge on any atom is 0.238 e. The Bertz CT molecular complexity index is 2440. The predicted octanol–water partition coefficient (Wildman–Crippen LogP) is 9.87. The largest absolute Gasteiger partial charge is 0.455 e. The summed E-state index contributed by atoms with van der Waals surface area (Å²) in [5.41, 5.74) is 9.15. The monoisotopic (exact) mass is 564 g/mol. The minimum atomic E-state index is 0.558. The van der Waals surface area contributed by atoms with Crippen LogP contribution in [0.5, 0.6) is 0 Å². The van der Waals surface area contributed by atoms with Gasteiger partial charge in [-0.15, -0.1) is 0 Å². The number of nitrogens with zero attached hydrogens (tertiary/aromatic N) is 4. The molecule has 3 aromatic heterocycles. The van der Waals surface area contributed by atoms with Crippen LogP contribution in [-0.4, -0.2) is 19.5 Å². The number of benzene rings is 6. The molecule has 0 spiro atoms. The van der Waals surface area contributed by atoms with E-state index in [-0.39, 0.29) is 0 Å². The molecule has 0 saturated carbocycles. The molecule has 9 aromatic rings. The molecule has 0 bridgehead atoms. The van der Waals surface area contributed by atoms with Gasteiger partial charge in [0.05, 0.1) is 16.4 Å². The van der Waals surface area contributed by atoms with Gasteiger partial charge in [-0.1, -0.05) is 97.1 Å². The zero-order valence-electron chi connectivity index (χ0n) is 23.6. The Hall–Kier alpha value is -6.07. The van der Waals surface area contributed by atoms with Crippen molar-refractivity contribution in [2.24, 2.45) is 0 Å². The molecule has 0 atom stereocenters. The summed E-state index contributed by atoms with van der Waals surface area (Å²) in [7, 11) is 0. The summed E-state index contributed by atoms with van der Waals surface area (Å²) >= 11 is 0. The smallest absolute Gasteiger partial charge is 0.238 e. The van der Waals surface area contributed by atoms with Crippen LogP contribution in [-0.2, 0) is 0 Å². The van der Waals surface area contributed by atoms with Crippen molar-refractivity contribution in [3.05, 3.63) is 146 Å².